The van der Waals surface area contributed by atoms with Gasteiger partial charge in [-0.25, -0.2) is 8.42 Å². The van der Waals surface area contributed by atoms with Crippen LogP contribution in [0.3, 0.4) is 0 Å². The molecule has 19 heavy (non-hydrogen) atoms. The quantitative estimate of drug-likeness (QED) is 0.714. The Hall–Kier alpha value is -1.11. The predicted octanol–water partition coefficient (Wildman–Crippen LogP) is 0.571. The first-order valence-electron chi connectivity index (χ1n) is 6.54. The lowest BCUT2D eigenvalue weighted by Gasteiger charge is -2.17. The van der Waals surface area contributed by atoms with Crippen molar-refractivity contribution in [3.8, 4) is 0 Å². The average Bonchev–Trinajstić information content (AvgIpc) is 2.56. The molecule has 0 aromatic heterocycles. The van der Waals surface area contributed by atoms with Gasteiger partial charge in [0.25, 0.3) is 0 Å². The minimum Gasteiger partial charge on any atom is -0.481 e. The van der Waals surface area contributed by atoms with Crippen LogP contribution in [0.2, 0.25) is 0 Å². The first-order chi connectivity index (χ1) is 8.82. The van der Waals surface area contributed by atoms with Gasteiger partial charge < -0.3 is 10.4 Å². The second-order valence-electron chi connectivity index (χ2n) is 5.12. The zero-order valence-electron chi connectivity index (χ0n) is 11.1. The van der Waals surface area contributed by atoms with E-state index in [0.29, 0.717) is 12.8 Å². The second-order valence-corrected chi connectivity index (χ2v) is 7.35. The Morgan fingerprint density at radius 3 is 2.58 bits per heavy atom. The SMILES string of the molecule is CCCC(CC(=O)O)NC(=O)CC1CCS(=O)(=O)C1. The van der Waals surface area contributed by atoms with Gasteiger partial charge in [0, 0.05) is 12.5 Å². The van der Waals surface area contributed by atoms with Crippen molar-refractivity contribution in [3.05, 3.63) is 0 Å². The van der Waals surface area contributed by atoms with E-state index in [9.17, 15) is 18.0 Å². The fourth-order valence-corrected chi connectivity index (χ4v) is 4.23. The summed E-state index contributed by atoms with van der Waals surface area (Å²) in [6.07, 6.45) is 1.99. The molecule has 0 spiro atoms. The lowest BCUT2D eigenvalue weighted by atomic mass is 10.0. The van der Waals surface area contributed by atoms with E-state index in [1.54, 1.807) is 0 Å². The third-order valence-electron chi connectivity index (χ3n) is 3.22. The molecule has 1 aliphatic heterocycles. The van der Waals surface area contributed by atoms with Crippen LogP contribution in [-0.2, 0) is 19.4 Å². The van der Waals surface area contributed by atoms with Gasteiger partial charge in [-0.2, -0.15) is 0 Å². The molecule has 1 saturated heterocycles. The highest BCUT2D eigenvalue weighted by molar-refractivity contribution is 7.91. The van der Waals surface area contributed by atoms with Crippen molar-refractivity contribution in [1.29, 1.82) is 0 Å². The molecular formula is C12H21NO5S. The van der Waals surface area contributed by atoms with E-state index in [0.717, 1.165) is 6.42 Å². The van der Waals surface area contributed by atoms with Gasteiger partial charge in [0.2, 0.25) is 5.91 Å². The summed E-state index contributed by atoms with van der Waals surface area (Å²) >= 11 is 0. The van der Waals surface area contributed by atoms with Crippen molar-refractivity contribution in [1.82, 2.24) is 5.32 Å². The van der Waals surface area contributed by atoms with Gasteiger partial charge in [0.05, 0.1) is 17.9 Å². The molecule has 1 aliphatic rings. The highest BCUT2D eigenvalue weighted by Crippen LogP contribution is 2.21. The van der Waals surface area contributed by atoms with Crippen LogP contribution in [0.1, 0.15) is 39.0 Å². The van der Waals surface area contributed by atoms with Crippen LogP contribution in [0.4, 0.5) is 0 Å². The van der Waals surface area contributed by atoms with Crippen LogP contribution < -0.4 is 5.32 Å². The van der Waals surface area contributed by atoms with Crippen LogP contribution in [0.5, 0.6) is 0 Å². The molecule has 0 saturated carbocycles. The fraction of sp³-hybridized carbons (Fsp3) is 0.833. The molecule has 2 unspecified atom stereocenters. The van der Waals surface area contributed by atoms with Gasteiger partial charge in [-0.05, 0) is 18.8 Å². The van der Waals surface area contributed by atoms with E-state index in [1.165, 1.54) is 0 Å². The van der Waals surface area contributed by atoms with Crippen molar-refractivity contribution < 1.29 is 23.1 Å². The van der Waals surface area contributed by atoms with E-state index in [1.807, 2.05) is 6.92 Å². The summed E-state index contributed by atoms with van der Waals surface area (Å²) in [7, 11) is -2.97. The maximum absolute atomic E-state index is 11.8. The fourth-order valence-electron chi connectivity index (χ4n) is 2.37. The molecule has 0 radical (unpaired) electrons. The topological polar surface area (TPSA) is 101 Å². The Bertz CT molecular complexity index is 431. The van der Waals surface area contributed by atoms with E-state index in [-0.39, 0.29) is 42.2 Å². The molecule has 1 fully saturated rings. The molecule has 1 rings (SSSR count). The molecule has 1 amide bonds. The Kier molecular flexibility index (Phi) is 5.78. The number of carboxylic acid groups (broad SMARTS) is 1. The van der Waals surface area contributed by atoms with E-state index in [2.05, 4.69) is 5.32 Å². The first kappa shape index (κ1) is 15.9. The third-order valence-corrected chi connectivity index (χ3v) is 5.06. The molecule has 6 nitrogen and oxygen atoms in total. The Balaban J connectivity index is 2.42. The molecule has 2 atom stereocenters. The van der Waals surface area contributed by atoms with Crippen LogP contribution >= 0.6 is 0 Å². The smallest absolute Gasteiger partial charge is 0.305 e. The maximum atomic E-state index is 11.8. The monoisotopic (exact) mass is 291 g/mol. The lowest BCUT2D eigenvalue weighted by molar-refractivity contribution is -0.137. The number of hydrogen-bond acceptors (Lipinski definition) is 4. The number of amides is 1. The summed E-state index contributed by atoms with van der Waals surface area (Å²) < 4.78 is 22.6. The zero-order chi connectivity index (χ0) is 14.5. The molecule has 0 bridgehead atoms. The Labute approximate surface area is 113 Å². The summed E-state index contributed by atoms with van der Waals surface area (Å²) in [5.74, 6) is -1.10. The molecule has 2 N–H and O–H groups in total. The summed E-state index contributed by atoms with van der Waals surface area (Å²) in [5, 5.41) is 11.4. The number of carboxylic acids is 1. The number of sulfone groups is 1. The number of hydrogen-bond donors (Lipinski definition) is 2. The summed E-state index contributed by atoms with van der Waals surface area (Å²) in [6, 6.07) is -0.368. The molecule has 1 heterocycles. The van der Waals surface area contributed by atoms with Crippen LogP contribution in [0, 0.1) is 5.92 Å². The standard InChI is InChI=1S/C12H21NO5S/c1-2-3-10(7-12(15)16)13-11(14)6-9-4-5-19(17,18)8-9/h9-10H,2-8H2,1H3,(H,13,14)(H,15,16). The van der Waals surface area contributed by atoms with Gasteiger partial charge in [-0.15, -0.1) is 0 Å². The van der Waals surface area contributed by atoms with Crippen LogP contribution in [0.15, 0.2) is 0 Å². The summed E-state index contributed by atoms with van der Waals surface area (Å²) in [5.41, 5.74) is 0. The highest BCUT2D eigenvalue weighted by Gasteiger charge is 2.29. The van der Waals surface area contributed by atoms with Crippen molar-refractivity contribution in [2.24, 2.45) is 5.92 Å². The normalized spacial score (nSPS) is 22.9. The second kappa shape index (κ2) is 6.88. The number of rotatable bonds is 7. The van der Waals surface area contributed by atoms with Crippen molar-refractivity contribution in [3.63, 3.8) is 0 Å². The Morgan fingerprint density at radius 2 is 2.11 bits per heavy atom. The lowest BCUT2D eigenvalue weighted by Crippen LogP contribution is -2.37. The summed E-state index contributed by atoms with van der Waals surface area (Å²) in [4.78, 5) is 22.4. The van der Waals surface area contributed by atoms with E-state index >= 15 is 0 Å². The van der Waals surface area contributed by atoms with Crippen molar-refractivity contribution in [2.75, 3.05) is 11.5 Å². The van der Waals surface area contributed by atoms with E-state index < -0.39 is 15.8 Å². The summed E-state index contributed by atoms with van der Waals surface area (Å²) in [6.45, 7) is 1.92. The first-order valence-corrected chi connectivity index (χ1v) is 8.36. The van der Waals surface area contributed by atoms with Gasteiger partial charge >= 0.3 is 5.97 Å². The van der Waals surface area contributed by atoms with E-state index in [4.69, 9.17) is 5.11 Å². The van der Waals surface area contributed by atoms with Gasteiger partial charge in [-0.1, -0.05) is 13.3 Å². The van der Waals surface area contributed by atoms with Crippen molar-refractivity contribution in [2.45, 2.75) is 45.1 Å². The minimum absolute atomic E-state index is 0.0673. The molecule has 110 valence electrons. The largest absolute Gasteiger partial charge is 0.481 e. The molecular weight excluding hydrogens is 270 g/mol. The third kappa shape index (κ3) is 6.04. The van der Waals surface area contributed by atoms with Gasteiger partial charge in [0.15, 0.2) is 9.84 Å². The average molecular weight is 291 g/mol. The molecule has 0 aliphatic carbocycles. The molecule has 7 heteroatoms. The molecule has 0 aromatic carbocycles. The molecule has 0 aromatic rings. The minimum atomic E-state index is -2.97. The zero-order valence-corrected chi connectivity index (χ0v) is 11.9. The maximum Gasteiger partial charge on any atom is 0.305 e. The van der Waals surface area contributed by atoms with Crippen LogP contribution in [0.25, 0.3) is 0 Å². The highest BCUT2D eigenvalue weighted by atomic mass is 32.2. The van der Waals surface area contributed by atoms with Crippen molar-refractivity contribution >= 4 is 21.7 Å². The van der Waals surface area contributed by atoms with Gasteiger partial charge in [0.1, 0.15) is 0 Å². The van der Waals surface area contributed by atoms with Crippen LogP contribution in [-0.4, -0.2) is 42.9 Å². The number of nitrogens with one attached hydrogen (secondary N) is 1. The number of carbonyl (C=O) groups excluding carboxylic acids is 1. The number of aliphatic carboxylic acids is 1. The predicted molar refractivity (Wildman–Crippen MR) is 70.5 cm³/mol. The van der Waals surface area contributed by atoms with Gasteiger partial charge in [-0.3, -0.25) is 9.59 Å². The number of carbonyl (C=O) groups is 2. The Morgan fingerprint density at radius 1 is 1.42 bits per heavy atom.